The highest BCUT2D eigenvalue weighted by atomic mass is 16.4. The van der Waals surface area contributed by atoms with Gasteiger partial charge >= 0.3 is 5.97 Å². The van der Waals surface area contributed by atoms with Crippen LogP contribution in [0.25, 0.3) is 0 Å². The summed E-state index contributed by atoms with van der Waals surface area (Å²) in [4.78, 5) is 10.5. The Balaban J connectivity index is 1.86. The minimum atomic E-state index is -0.603. The summed E-state index contributed by atoms with van der Waals surface area (Å²) < 4.78 is 0. The topological polar surface area (TPSA) is 37.3 Å². The van der Waals surface area contributed by atoms with Gasteiger partial charge in [-0.05, 0) is 43.4 Å². The monoisotopic (exact) mass is 154 g/mol. The molecule has 0 radical (unpaired) electrons. The van der Waals surface area contributed by atoms with Gasteiger partial charge in [0, 0.05) is 6.42 Å². The van der Waals surface area contributed by atoms with Crippen LogP contribution in [-0.2, 0) is 4.79 Å². The van der Waals surface area contributed by atoms with Crippen molar-refractivity contribution in [2.24, 2.45) is 17.8 Å². The van der Waals surface area contributed by atoms with Gasteiger partial charge in [-0.2, -0.15) is 0 Å². The molecule has 2 saturated carbocycles. The molecule has 1 N–H and O–H groups in total. The normalized spacial score (nSPS) is 24.1. The van der Waals surface area contributed by atoms with E-state index in [1.165, 1.54) is 25.7 Å². The first-order chi connectivity index (χ1) is 5.27. The van der Waals surface area contributed by atoms with E-state index in [-0.39, 0.29) is 0 Å². The van der Waals surface area contributed by atoms with Crippen LogP contribution in [0.5, 0.6) is 0 Å². The van der Waals surface area contributed by atoms with E-state index in [0.29, 0.717) is 12.3 Å². The summed E-state index contributed by atoms with van der Waals surface area (Å²) in [6.07, 6.45) is 5.57. The van der Waals surface area contributed by atoms with Crippen LogP contribution < -0.4 is 0 Å². The molecule has 0 heterocycles. The van der Waals surface area contributed by atoms with Crippen LogP contribution in [0.3, 0.4) is 0 Å². The second kappa shape index (κ2) is 2.50. The molecule has 2 fully saturated rings. The van der Waals surface area contributed by atoms with Crippen molar-refractivity contribution in [3.63, 3.8) is 0 Å². The molecule has 0 aromatic rings. The van der Waals surface area contributed by atoms with Crippen LogP contribution in [0.15, 0.2) is 0 Å². The average Bonchev–Trinajstić information content (AvgIpc) is 2.79. The van der Waals surface area contributed by atoms with E-state index < -0.39 is 5.97 Å². The van der Waals surface area contributed by atoms with Crippen LogP contribution in [0.1, 0.15) is 32.1 Å². The molecule has 0 bridgehead atoms. The second-order valence-electron chi connectivity index (χ2n) is 3.94. The summed E-state index contributed by atoms with van der Waals surface area (Å²) in [5, 5.41) is 8.64. The first kappa shape index (κ1) is 7.14. The molecule has 0 amide bonds. The smallest absolute Gasteiger partial charge is 0.303 e. The minimum Gasteiger partial charge on any atom is -0.481 e. The lowest BCUT2D eigenvalue weighted by Crippen LogP contribution is -2.11. The maximum atomic E-state index is 10.5. The number of hydrogen-bond donors (Lipinski definition) is 1. The summed E-state index contributed by atoms with van der Waals surface area (Å²) in [7, 11) is 0. The number of carbonyl (C=O) groups is 1. The predicted molar refractivity (Wildman–Crippen MR) is 41.2 cm³/mol. The van der Waals surface area contributed by atoms with Gasteiger partial charge in [0.2, 0.25) is 0 Å². The molecule has 0 aromatic carbocycles. The van der Waals surface area contributed by atoms with Crippen molar-refractivity contribution in [3.05, 3.63) is 0 Å². The number of hydrogen-bond acceptors (Lipinski definition) is 1. The van der Waals surface area contributed by atoms with E-state index in [2.05, 4.69) is 0 Å². The van der Waals surface area contributed by atoms with Crippen LogP contribution in [0.2, 0.25) is 0 Å². The van der Waals surface area contributed by atoms with E-state index in [9.17, 15) is 4.79 Å². The Labute approximate surface area is 66.6 Å². The van der Waals surface area contributed by atoms with Gasteiger partial charge in [0.15, 0.2) is 0 Å². The number of rotatable bonds is 4. The molecule has 11 heavy (non-hydrogen) atoms. The molecule has 0 spiro atoms. The van der Waals surface area contributed by atoms with Gasteiger partial charge in [-0.15, -0.1) is 0 Å². The molecule has 0 aromatic heterocycles. The summed E-state index contributed by atoms with van der Waals surface area (Å²) >= 11 is 0. The Bertz CT molecular complexity index is 156. The minimum absolute atomic E-state index is 0.426. The van der Waals surface area contributed by atoms with E-state index in [0.717, 1.165) is 11.8 Å². The molecule has 2 heteroatoms. The van der Waals surface area contributed by atoms with E-state index in [4.69, 9.17) is 5.11 Å². The standard InChI is InChI=1S/C9H14O2/c10-9(11)5-8(6-1-2-6)7-3-4-7/h6-8H,1-5H2,(H,10,11). The van der Waals surface area contributed by atoms with E-state index in [1.54, 1.807) is 0 Å². The average molecular weight is 154 g/mol. The maximum Gasteiger partial charge on any atom is 0.303 e. The lowest BCUT2D eigenvalue weighted by atomic mass is 9.94. The van der Waals surface area contributed by atoms with Gasteiger partial charge in [-0.1, -0.05) is 0 Å². The largest absolute Gasteiger partial charge is 0.481 e. The third-order valence-corrected chi connectivity index (χ3v) is 2.87. The highest BCUT2D eigenvalue weighted by Gasteiger charge is 2.42. The van der Waals surface area contributed by atoms with Crippen molar-refractivity contribution in [3.8, 4) is 0 Å². The van der Waals surface area contributed by atoms with Crippen LogP contribution in [0.4, 0.5) is 0 Å². The highest BCUT2D eigenvalue weighted by molar-refractivity contribution is 5.67. The van der Waals surface area contributed by atoms with Crippen molar-refractivity contribution in [1.82, 2.24) is 0 Å². The zero-order chi connectivity index (χ0) is 7.84. The van der Waals surface area contributed by atoms with Crippen molar-refractivity contribution < 1.29 is 9.90 Å². The van der Waals surface area contributed by atoms with Gasteiger partial charge in [0.05, 0.1) is 0 Å². The van der Waals surface area contributed by atoms with Crippen LogP contribution >= 0.6 is 0 Å². The maximum absolute atomic E-state index is 10.5. The van der Waals surface area contributed by atoms with Gasteiger partial charge in [0.1, 0.15) is 0 Å². The quantitative estimate of drug-likeness (QED) is 0.671. The Morgan fingerprint density at radius 3 is 2.00 bits per heavy atom. The van der Waals surface area contributed by atoms with Crippen molar-refractivity contribution in [2.75, 3.05) is 0 Å². The fourth-order valence-corrected chi connectivity index (χ4v) is 1.97. The fraction of sp³-hybridized carbons (Fsp3) is 0.889. The molecule has 0 atom stereocenters. The second-order valence-corrected chi connectivity index (χ2v) is 3.94. The molecule has 0 aliphatic heterocycles. The molecule has 2 rings (SSSR count). The SMILES string of the molecule is O=C(O)CC(C1CC1)C1CC1. The third kappa shape index (κ3) is 1.73. The molecule has 0 unspecified atom stereocenters. The van der Waals surface area contributed by atoms with Crippen molar-refractivity contribution in [1.29, 1.82) is 0 Å². The molecule has 62 valence electrons. The molecule has 2 aliphatic carbocycles. The fourth-order valence-electron chi connectivity index (χ4n) is 1.97. The summed E-state index contributed by atoms with van der Waals surface area (Å²) in [6.45, 7) is 0. The zero-order valence-corrected chi connectivity index (χ0v) is 6.62. The van der Waals surface area contributed by atoms with Gasteiger partial charge in [-0.3, -0.25) is 4.79 Å². The Morgan fingerprint density at radius 1 is 1.27 bits per heavy atom. The molecular weight excluding hydrogens is 140 g/mol. The molecule has 2 nitrogen and oxygen atoms in total. The predicted octanol–water partition coefficient (Wildman–Crippen LogP) is 1.90. The van der Waals surface area contributed by atoms with Crippen molar-refractivity contribution in [2.45, 2.75) is 32.1 Å². The Hall–Kier alpha value is -0.530. The first-order valence-electron chi connectivity index (χ1n) is 4.49. The highest BCUT2D eigenvalue weighted by Crippen LogP contribution is 2.50. The lowest BCUT2D eigenvalue weighted by molar-refractivity contribution is -0.138. The Kier molecular flexibility index (Phi) is 1.63. The van der Waals surface area contributed by atoms with Gasteiger partial charge in [0.25, 0.3) is 0 Å². The summed E-state index contributed by atoms with van der Waals surface area (Å²) in [5.74, 6) is 1.48. The number of aliphatic carboxylic acids is 1. The molecule has 2 aliphatic rings. The molecular formula is C9H14O2. The van der Waals surface area contributed by atoms with Crippen LogP contribution in [0, 0.1) is 17.8 Å². The first-order valence-corrected chi connectivity index (χ1v) is 4.49. The van der Waals surface area contributed by atoms with Crippen LogP contribution in [-0.4, -0.2) is 11.1 Å². The Morgan fingerprint density at radius 2 is 1.73 bits per heavy atom. The van der Waals surface area contributed by atoms with E-state index >= 15 is 0 Å². The van der Waals surface area contributed by atoms with Crippen molar-refractivity contribution >= 4 is 5.97 Å². The summed E-state index contributed by atoms with van der Waals surface area (Å²) in [5.41, 5.74) is 0. The summed E-state index contributed by atoms with van der Waals surface area (Å²) in [6, 6.07) is 0. The number of carboxylic acids is 1. The lowest BCUT2D eigenvalue weighted by Gasteiger charge is -2.11. The zero-order valence-electron chi connectivity index (χ0n) is 6.62. The molecule has 0 saturated heterocycles. The number of carboxylic acid groups (broad SMARTS) is 1. The van der Waals surface area contributed by atoms with E-state index in [1.807, 2.05) is 0 Å². The van der Waals surface area contributed by atoms with Gasteiger partial charge in [-0.25, -0.2) is 0 Å². The van der Waals surface area contributed by atoms with Gasteiger partial charge < -0.3 is 5.11 Å². The third-order valence-electron chi connectivity index (χ3n) is 2.87.